The first-order valence-corrected chi connectivity index (χ1v) is 8.12. The Kier molecular flexibility index (Phi) is 4.71. The SMILES string of the molecule is CCC(CC)N1C(=O)C(CC(C)C)NC(=O)C1C1CC1. The number of piperazine rings is 1. The van der Waals surface area contributed by atoms with Gasteiger partial charge in [-0.25, -0.2) is 0 Å². The molecule has 1 aliphatic heterocycles. The normalized spacial score (nSPS) is 27.4. The third-order valence-corrected chi connectivity index (χ3v) is 4.55. The van der Waals surface area contributed by atoms with Crippen molar-refractivity contribution in [3.8, 4) is 0 Å². The van der Waals surface area contributed by atoms with E-state index in [1.165, 1.54) is 0 Å². The maximum absolute atomic E-state index is 12.8. The van der Waals surface area contributed by atoms with Gasteiger partial charge in [0.1, 0.15) is 12.1 Å². The van der Waals surface area contributed by atoms with Gasteiger partial charge in [-0.1, -0.05) is 27.7 Å². The average molecular weight is 280 g/mol. The van der Waals surface area contributed by atoms with Crippen molar-refractivity contribution in [1.82, 2.24) is 10.2 Å². The standard InChI is InChI=1S/C16H28N2O2/c1-5-12(6-2)18-14(11-7-8-11)15(19)17-13(16(18)20)9-10(3)4/h10-14H,5-9H2,1-4H3,(H,17,19). The molecule has 1 N–H and O–H groups in total. The van der Waals surface area contributed by atoms with Crippen LogP contribution in [0.25, 0.3) is 0 Å². The number of hydrogen-bond acceptors (Lipinski definition) is 2. The van der Waals surface area contributed by atoms with Crippen molar-refractivity contribution < 1.29 is 9.59 Å². The van der Waals surface area contributed by atoms with Gasteiger partial charge in [0.2, 0.25) is 11.8 Å². The monoisotopic (exact) mass is 280 g/mol. The van der Waals surface area contributed by atoms with E-state index >= 15 is 0 Å². The second kappa shape index (κ2) is 6.15. The number of nitrogens with zero attached hydrogens (tertiary/aromatic N) is 1. The highest BCUT2D eigenvalue weighted by Crippen LogP contribution is 2.38. The van der Waals surface area contributed by atoms with Crippen molar-refractivity contribution in [3.63, 3.8) is 0 Å². The van der Waals surface area contributed by atoms with Gasteiger partial charge in [-0.05, 0) is 43.9 Å². The zero-order valence-corrected chi connectivity index (χ0v) is 13.2. The first-order valence-electron chi connectivity index (χ1n) is 8.12. The Morgan fingerprint density at radius 2 is 1.80 bits per heavy atom. The van der Waals surface area contributed by atoms with Gasteiger partial charge in [-0.15, -0.1) is 0 Å². The lowest BCUT2D eigenvalue weighted by molar-refractivity contribution is -0.153. The largest absolute Gasteiger partial charge is 0.342 e. The second-order valence-electron chi connectivity index (χ2n) is 6.69. The summed E-state index contributed by atoms with van der Waals surface area (Å²) in [4.78, 5) is 27.2. The highest BCUT2D eigenvalue weighted by atomic mass is 16.2. The van der Waals surface area contributed by atoms with Gasteiger partial charge >= 0.3 is 0 Å². The second-order valence-corrected chi connectivity index (χ2v) is 6.69. The Balaban J connectivity index is 2.23. The molecule has 2 fully saturated rings. The molecule has 2 atom stereocenters. The zero-order chi connectivity index (χ0) is 14.9. The third-order valence-electron chi connectivity index (χ3n) is 4.55. The number of nitrogens with one attached hydrogen (secondary N) is 1. The summed E-state index contributed by atoms with van der Waals surface area (Å²) in [7, 11) is 0. The smallest absolute Gasteiger partial charge is 0.246 e. The Labute approximate surface area is 122 Å². The fourth-order valence-electron chi connectivity index (χ4n) is 3.34. The van der Waals surface area contributed by atoms with Crippen LogP contribution >= 0.6 is 0 Å². The van der Waals surface area contributed by atoms with E-state index in [2.05, 4.69) is 33.0 Å². The maximum Gasteiger partial charge on any atom is 0.246 e. The molecule has 4 nitrogen and oxygen atoms in total. The molecule has 1 saturated heterocycles. The zero-order valence-electron chi connectivity index (χ0n) is 13.2. The molecular weight excluding hydrogens is 252 g/mol. The number of carbonyl (C=O) groups excluding carboxylic acids is 2. The first kappa shape index (κ1) is 15.3. The van der Waals surface area contributed by atoms with Crippen LogP contribution in [0.2, 0.25) is 0 Å². The predicted octanol–water partition coefficient (Wildman–Crippen LogP) is 2.33. The molecule has 1 heterocycles. The van der Waals surface area contributed by atoms with E-state index in [1.807, 2.05) is 4.90 Å². The van der Waals surface area contributed by atoms with Crippen molar-refractivity contribution in [2.75, 3.05) is 0 Å². The molecule has 4 heteroatoms. The Bertz CT molecular complexity index is 373. The van der Waals surface area contributed by atoms with Crippen molar-refractivity contribution in [3.05, 3.63) is 0 Å². The summed E-state index contributed by atoms with van der Waals surface area (Å²) >= 11 is 0. The van der Waals surface area contributed by atoms with Crippen LogP contribution in [0.15, 0.2) is 0 Å². The lowest BCUT2D eigenvalue weighted by atomic mass is 9.94. The van der Waals surface area contributed by atoms with Crippen molar-refractivity contribution in [2.24, 2.45) is 11.8 Å². The van der Waals surface area contributed by atoms with Crippen LogP contribution < -0.4 is 5.32 Å². The quantitative estimate of drug-likeness (QED) is 0.812. The lowest BCUT2D eigenvalue weighted by Crippen LogP contribution is -2.66. The van der Waals surface area contributed by atoms with Gasteiger partial charge in [0.25, 0.3) is 0 Å². The summed E-state index contributed by atoms with van der Waals surface area (Å²) in [5.74, 6) is 1.01. The summed E-state index contributed by atoms with van der Waals surface area (Å²) in [6, 6.07) is -0.331. The molecule has 2 aliphatic rings. The summed E-state index contributed by atoms with van der Waals surface area (Å²) in [5, 5.41) is 2.97. The molecule has 1 aliphatic carbocycles. The van der Waals surface area contributed by atoms with Crippen molar-refractivity contribution >= 4 is 11.8 Å². The van der Waals surface area contributed by atoms with Crippen LogP contribution in [-0.4, -0.2) is 34.8 Å². The van der Waals surface area contributed by atoms with E-state index < -0.39 is 0 Å². The van der Waals surface area contributed by atoms with Gasteiger partial charge in [-0.3, -0.25) is 9.59 Å². The van der Waals surface area contributed by atoms with E-state index in [-0.39, 0.29) is 29.9 Å². The fourth-order valence-corrected chi connectivity index (χ4v) is 3.34. The van der Waals surface area contributed by atoms with E-state index in [1.54, 1.807) is 0 Å². The van der Waals surface area contributed by atoms with Gasteiger partial charge in [0.15, 0.2) is 0 Å². The average Bonchev–Trinajstić information content (AvgIpc) is 3.19. The number of rotatable bonds is 6. The van der Waals surface area contributed by atoms with Gasteiger partial charge in [0.05, 0.1) is 0 Å². The summed E-state index contributed by atoms with van der Waals surface area (Å²) in [5.41, 5.74) is 0. The molecule has 0 aromatic rings. The number of hydrogen-bond donors (Lipinski definition) is 1. The number of carbonyl (C=O) groups is 2. The molecule has 20 heavy (non-hydrogen) atoms. The van der Waals surface area contributed by atoms with Gasteiger partial charge < -0.3 is 10.2 Å². The highest BCUT2D eigenvalue weighted by Gasteiger charge is 2.49. The van der Waals surface area contributed by atoms with Gasteiger partial charge in [-0.2, -0.15) is 0 Å². The fraction of sp³-hybridized carbons (Fsp3) is 0.875. The summed E-state index contributed by atoms with van der Waals surface area (Å²) in [6.07, 6.45) is 4.74. The molecule has 1 saturated carbocycles. The van der Waals surface area contributed by atoms with E-state index in [0.29, 0.717) is 11.8 Å². The highest BCUT2D eigenvalue weighted by molar-refractivity contribution is 5.97. The minimum Gasteiger partial charge on any atom is -0.342 e. The van der Waals surface area contributed by atoms with Crippen LogP contribution in [-0.2, 0) is 9.59 Å². The third kappa shape index (κ3) is 2.99. The van der Waals surface area contributed by atoms with Crippen LogP contribution in [0.1, 0.15) is 59.8 Å². The molecular formula is C16H28N2O2. The van der Waals surface area contributed by atoms with Gasteiger partial charge in [0, 0.05) is 6.04 Å². The maximum atomic E-state index is 12.8. The lowest BCUT2D eigenvalue weighted by Gasteiger charge is -2.43. The molecule has 0 bridgehead atoms. The van der Waals surface area contributed by atoms with Crippen molar-refractivity contribution in [2.45, 2.75) is 77.9 Å². The minimum atomic E-state index is -0.321. The Hall–Kier alpha value is -1.06. The summed E-state index contributed by atoms with van der Waals surface area (Å²) < 4.78 is 0. The molecule has 0 aromatic heterocycles. The van der Waals surface area contributed by atoms with Crippen LogP contribution in [0.4, 0.5) is 0 Å². The topological polar surface area (TPSA) is 49.4 Å². The van der Waals surface area contributed by atoms with E-state index in [0.717, 1.165) is 32.1 Å². The Morgan fingerprint density at radius 3 is 2.25 bits per heavy atom. The van der Waals surface area contributed by atoms with Crippen LogP contribution in [0.5, 0.6) is 0 Å². The minimum absolute atomic E-state index is 0.0738. The number of amides is 2. The van der Waals surface area contributed by atoms with Crippen LogP contribution in [0, 0.1) is 11.8 Å². The van der Waals surface area contributed by atoms with E-state index in [9.17, 15) is 9.59 Å². The molecule has 2 amide bonds. The molecule has 2 rings (SSSR count). The molecule has 0 aromatic carbocycles. The summed E-state index contributed by atoms with van der Waals surface area (Å²) in [6.45, 7) is 8.40. The van der Waals surface area contributed by atoms with Crippen LogP contribution in [0.3, 0.4) is 0 Å². The van der Waals surface area contributed by atoms with Crippen molar-refractivity contribution in [1.29, 1.82) is 0 Å². The molecule has 2 unspecified atom stereocenters. The predicted molar refractivity (Wildman–Crippen MR) is 79.1 cm³/mol. The molecule has 0 spiro atoms. The molecule has 0 radical (unpaired) electrons. The first-order chi connectivity index (χ1) is 9.49. The molecule has 114 valence electrons. The Morgan fingerprint density at radius 1 is 1.20 bits per heavy atom. The van der Waals surface area contributed by atoms with E-state index in [4.69, 9.17) is 0 Å².